The van der Waals surface area contributed by atoms with Gasteiger partial charge in [-0.05, 0) is 30.0 Å². The maximum absolute atomic E-state index is 7.50. The average molecular weight is 304 g/mol. The number of rotatable bonds is 5. The summed E-state index contributed by atoms with van der Waals surface area (Å²) in [6.07, 6.45) is 2.54. The van der Waals surface area contributed by atoms with Crippen molar-refractivity contribution < 1.29 is 4.74 Å². The molecule has 0 amide bonds. The normalized spacial score (nSPS) is 12.0. The van der Waals surface area contributed by atoms with E-state index in [9.17, 15) is 0 Å². The molecule has 0 aliphatic carbocycles. The zero-order valence-electron chi connectivity index (χ0n) is 12.1. The van der Waals surface area contributed by atoms with Crippen molar-refractivity contribution in [1.82, 2.24) is 4.98 Å². The van der Waals surface area contributed by atoms with Crippen LogP contribution in [0, 0.1) is 5.41 Å². The summed E-state index contributed by atoms with van der Waals surface area (Å²) < 4.78 is 5.86. The van der Waals surface area contributed by atoms with Crippen LogP contribution in [0.3, 0.4) is 0 Å². The number of benzene rings is 1. The molecule has 0 bridgehead atoms. The van der Waals surface area contributed by atoms with Crippen LogP contribution in [0.15, 0.2) is 36.5 Å². The molecule has 0 fully saturated rings. The van der Waals surface area contributed by atoms with Crippen molar-refractivity contribution in [1.29, 1.82) is 5.41 Å². The molecule has 0 spiro atoms. The third-order valence-electron chi connectivity index (χ3n) is 3.42. The van der Waals surface area contributed by atoms with E-state index < -0.39 is 0 Å². The lowest BCUT2D eigenvalue weighted by Gasteiger charge is -2.16. The quantitative estimate of drug-likeness (QED) is 0.638. The number of amidine groups is 1. The second-order valence-corrected chi connectivity index (χ2v) is 5.22. The second kappa shape index (κ2) is 6.59. The number of nitrogens with two attached hydrogens (primary N) is 1. The largest absolute Gasteiger partial charge is 0.437 e. The number of nitrogens with one attached hydrogen (secondary N) is 1. The predicted molar refractivity (Wildman–Crippen MR) is 85.5 cm³/mol. The van der Waals surface area contributed by atoms with Crippen molar-refractivity contribution in [3.05, 3.63) is 52.7 Å². The Balaban J connectivity index is 2.40. The maximum atomic E-state index is 7.50. The van der Waals surface area contributed by atoms with Gasteiger partial charge in [-0.1, -0.05) is 43.6 Å². The Labute approximate surface area is 129 Å². The molecule has 1 unspecified atom stereocenters. The molecule has 1 aromatic heterocycles. The highest BCUT2D eigenvalue weighted by molar-refractivity contribution is 6.35. The van der Waals surface area contributed by atoms with Gasteiger partial charge in [-0.15, -0.1) is 0 Å². The minimum absolute atomic E-state index is 0.109. The number of para-hydroxylation sites is 1. The fraction of sp³-hybridized carbons (Fsp3) is 0.250. The van der Waals surface area contributed by atoms with Crippen molar-refractivity contribution in [3.63, 3.8) is 0 Å². The molecule has 0 aliphatic rings. The lowest BCUT2D eigenvalue weighted by atomic mass is 9.98. The summed E-state index contributed by atoms with van der Waals surface area (Å²) >= 11 is 6.21. The third kappa shape index (κ3) is 3.34. The Bertz CT molecular complexity index is 658. The number of hydrogen-bond acceptors (Lipinski definition) is 3. The molecule has 0 aliphatic heterocycles. The fourth-order valence-electron chi connectivity index (χ4n) is 2.01. The Morgan fingerprint density at radius 3 is 2.76 bits per heavy atom. The average Bonchev–Trinajstić information content (AvgIpc) is 2.49. The van der Waals surface area contributed by atoms with Gasteiger partial charge in [0.25, 0.3) is 0 Å². The molecule has 110 valence electrons. The van der Waals surface area contributed by atoms with Crippen LogP contribution in [0.1, 0.15) is 37.3 Å². The number of hydrogen-bond donors (Lipinski definition) is 2. The van der Waals surface area contributed by atoms with E-state index in [4.69, 9.17) is 27.5 Å². The molecular formula is C16H18ClN3O. The SMILES string of the molecule is CCC(C)c1ccccc1Oc1nccc(C(=N)N)c1Cl. The topological polar surface area (TPSA) is 72.0 Å². The molecule has 3 N–H and O–H groups in total. The Kier molecular flexibility index (Phi) is 4.81. The molecule has 0 saturated carbocycles. The van der Waals surface area contributed by atoms with E-state index in [1.54, 1.807) is 6.07 Å². The van der Waals surface area contributed by atoms with Crippen LogP contribution in [0.25, 0.3) is 0 Å². The van der Waals surface area contributed by atoms with Crippen molar-refractivity contribution >= 4 is 17.4 Å². The summed E-state index contributed by atoms with van der Waals surface area (Å²) in [7, 11) is 0. The Hall–Kier alpha value is -2.07. The van der Waals surface area contributed by atoms with Crippen LogP contribution in [0.5, 0.6) is 11.6 Å². The highest BCUT2D eigenvalue weighted by atomic mass is 35.5. The first kappa shape index (κ1) is 15.3. The molecule has 5 heteroatoms. The van der Waals surface area contributed by atoms with Crippen LogP contribution in [0.4, 0.5) is 0 Å². The van der Waals surface area contributed by atoms with Gasteiger partial charge in [0, 0.05) is 11.8 Å². The molecular weight excluding hydrogens is 286 g/mol. The standard InChI is InChI=1S/C16H18ClN3O/c1-3-10(2)11-6-4-5-7-13(11)21-16-14(17)12(15(18)19)8-9-20-16/h4-10H,3H2,1-2H3,(H3,18,19). The van der Waals surface area contributed by atoms with E-state index in [0.717, 1.165) is 17.7 Å². The number of nitrogens with zero attached hydrogens (tertiary/aromatic N) is 1. The van der Waals surface area contributed by atoms with Crippen LogP contribution < -0.4 is 10.5 Å². The minimum Gasteiger partial charge on any atom is -0.437 e. The van der Waals surface area contributed by atoms with Gasteiger partial charge >= 0.3 is 0 Å². The molecule has 0 radical (unpaired) electrons. The van der Waals surface area contributed by atoms with Crippen LogP contribution in [-0.4, -0.2) is 10.8 Å². The summed E-state index contributed by atoms with van der Waals surface area (Å²) in [5.74, 6) is 1.25. The smallest absolute Gasteiger partial charge is 0.238 e. The van der Waals surface area contributed by atoms with Gasteiger partial charge in [0.2, 0.25) is 5.88 Å². The van der Waals surface area contributed by atoms with Crippen LogP contribution >= 0.6 is 11.6 Å². The van der Waals surface area contributed by atoms with Crippen molar-refractivity contribution in [2.24, 2.45) is 5.73 Å². The summed E-state index contributed by atoms with van der Waals surface area (Å²) in [6.45, 7) is 4.27. The molecule has 2 aromatic rings. The predicted octanol–water partition coefficient (Wildman–Crippen LogP) is 4.32. The van der Waals surface area contributed by atoms with E-state index >= 15 is 0 Å². The zero-order valence-corrected chi connectivity index (χ0v) is 12.8. The lowest BCUT2D eigenvalue weighted by Crippen LogP contribution is -2.12. The van der Waals surface area contributed by atoms with Crippen molar-refractivity contribution in [2.45, 2.75) is 26.2 Å². The van der Waals surface area contributed by atoms with E-state index in [1.165, 1.54) is 6.20 Å². The maximum Gasteiger partial charge on any atom is 0.238 e. The number of halogens is 1. The van der Waals surface area contributed by atoms with Gasteiger partial charge in [0.1, 0.15) is 16.6 Å². The summed E-state index contributed by atoms with van der Waals surface area (Å²) in [4.78, 5) is 4.14. The van der Waals surface area contributed by atoms with Crippen molar-refractivity contribution in [2.75, 3.05) is 0 Å². The van der Waals surface area contributed by atoms with Gasteiger partial charge in [-0.25, -0.2) is 4.98 Å². The molecule has 1 aromatic carbocycles. The molecule has 2 rings (SSSR count). The second-order valence-electron chi connectivity index (χ2n) is 4.84. The number of nitrogen functional groups attached to an aromatic ring is 1. The molecule has 4 nitrogen and oxygen atoms in total. The molecule has 1 heterocycles. The first-order valence-electron chi connectivity index (χ1n) is 6.80. The fourth-order valence-corrected chi connectivity index (χ4v) is 2.26. The molecule has 21 heavy (non-hydrogen) atoms. The van der Waals surface area contributed by atoms with E-state index in [-0.39, 0.29) is 16.7 Å². The van der Waals surface area contributed by atoms with E-state index in [2.05, 4.69) is 18.8 Å². The van der Waals surface area contributed by atoms with Gasteiger partial charge in [0.15, 0.2) is 0 Å². The van der Waals surface area contributed by atoms with Crippen LogP contribution in [0.2, 0.25) is 5.02 Å². The van der Waals surface area contributed by atoms with Gasteiger partial charge in [-0.2, -0.15) is 0 Å². The van der Waals surface area contributed by atoms with E-state index in [0.29, 0.717) is 11.5 Å². The number of ether oxygens (including phenoxy) is 1. The van der Waals surface area contributed by atoms with E-state index in [1.807, 2.05) is 24.3 Å². The summed E-state index contributed by atoms with van der Waals surface area (Å²) in [6, 6.07) is 9.41. The lowest BCUT2D eigenvalue weighted by molar-refractivity contribution is 0.452. The summed E-state index contributed by atoms with van der Waals surface area (Å²) in [5.41, 5.74) is 7.01. The first-order valence-corrected chi connectivity index (χ1v) is 7.18. The minimum atomic E-state index is -0.109. The van der Waals surface area contributed by atoms with Gasteiger partial charge in [-0.3, -0.25) is 5.41 Å². The summed E-state index contributed by atoms with van der Waals surface area (Å²) in [5, 5.41) is 7.76. The monoisotopic (exact) mass is 303 g/mol. The van der Waals surface area contributed by atoms with Gasteiger partial charge in [0.05, 0.1) is 0 Å². The third-order valence-corrected chi connectivity index (χ3v) is 3.78. The van der Waals surface area contributed by atoms with Crippen molar-refractivity contribution in [3.8, 4) is 11.6 Å². The Morgan fingerprint density at radius 1 is 1.38 bits per heavy atom. The Morgan fingerprint density at radius 2 is 2.10 bits per heavy atom. The first-order chi connectivity index (χ1) is 10.0. The number of aromatic nitrogens is 1. The molecule has 0 saturated heterocycles. The van der Waals surface area contributed by atoms with Gasteiger partial charge < -0.3 is 10.5 Å². The zero-order chi connectivity index (χ0) is 15.4. The highest BCUT2D eigenvalue weighted by Crippen LogP contribution is 2.34. The number of pyridine rings is 1. The molecule has 1 atom stereocenters. The highest BCUT2D eigenvalue weighted by Gasteiger charge is 2.15. The van der Waals surface area contributed by atoms with Crippen LogP contribution in [-0.2, 0) is 0 Å².